The molecule has 0 aliphatic rings. The summed E-state index contributed by atoms with van der Waals surface area (Å²) in [5.74, 6) is 0.161. The zero-order valence-corrected chi connectivity index (χ0v) is 13.6. The molecule has 0 atom stereocenters. The van der Waals surface area contributed by atoms with E-state index in [0.717, 1.165) is 5.56 Å². The van der Waals surface area contributed by atoms with Crippen LogP contribution in [0, 0.1) is 0 Å². The first-order valence-corrected chi connectivity index (χ1v) is 8.65. The minimum absolute atomic E-state index is 0.0777. The van der Waals surface area contributed by atoms with E-state index in [9.17, 15) is 4.79 Å². The predicted molar refractivity (Wildman–Crippen MR) is 95.5 cm³/mol. The minimum atomic E-state index is 0.0777. The fourth-order valence-corrected chi connectivity index (χ4v) is 3.32. The van der Waals surface area contributed by atoms with Crippen LogP contribution in [0.4, 0.5) is 0 Å². The summed E-state index contributed by atoms with van der Waals surface area (Å²) in [6.07, 6.45) is 0.457. The van der Waals surface area contributed by atoms with Crippen LogP contribution in [-0.4, -0.2) is 5.91 Å². The van der Waals surface area contributed by atoms with Gasteiger partial charge in [-0.3, -0.25) is 4.79 Å². The Balaban J connectivity index is 1.72. The summed E-state index contributed by atoms with van der Waals surface area (Å²) in [6.45, 7) is 0.596. The molecule has 1 amide bonds. The second-order valence-corrected chi connectivity index (χ2v) is 6.27. The standard InChI is InChI=1S/C20H19NOS/c22-20(21-14-16-11-12-23-15-16)13-19(17-7-3-1-4-8-17)18-9-5-2-6-10-18/h1-12,15,19H,13-14H2,(H,21,22). The second-order valence-electron chi connectivity index (χ2n) is 5.49. The highest BCUT2D eigenvalue weighted by molar-refractivity contribution is 7.07. The van der Waals surface area contributed by atoms with Crippen molar-refractivity contribution in [2.45, 2.75) is 18.9 Å². The van der Waals surface area contributed by atoms with Crippen molar-refractivity contribution >= 4 is 17.2 Å². The molecule has 0 unspecified atom stereocenters. The molecule has 0 bridgehead atoms. The summed E-state index contributed by atoms with van der Waals surface area (Å²) < 4.78 is 0. The Labute approximate surface area is 140 Å². The highest BCUT2D eigenvalue weighted by atomic mass is 32.1. The van der Waals surface area contributed by atoms with Gasteiger partial charge in [-0.15, -0.1) is 0 Å². The lowest BCUT2D eigenvalue weighted by atomic mass is 9.88. The van der Waals surface area contributed by atoms with Crippen LogP contribution in [-0.2, 0) is 11.3 Å². The fourth-order valence-electron chi connectivity index (χ4n) is 2.65. The van der Waals surface area contributed by atoms with E-state index in [2.05, 4.69) is 35.0 Å². The quantitative estimate of drug-likeness (QED) is 0.707. The van der Waals surface area contributed by atoms with Crippen molar-refractivity contribution in [1.29, 1.82) is 0 Å². The van der Waals surface area contributed by atoms with Gasteiger partial charge in [-0.05, 0) is 33.5 Å². The Kier molecular flexibility index (Phi) is 5.22. The first kappa shape index (κ1) is 15.5. The molecule has 0 saturated heterocycles. The molecular weight excluding hydrogens is 302 g/mol. The van der Waals surface area contributed by atoms with Crippen molar-refractivity contribution < 1.29 is 4.79 Å². The molecule has 116 valence electrons. The van der Waals surface area contributed by atoms with Gasteiger partial charge in [0, 0.05) is 18.9 Å². The van der Waals surface area contributed by atoms with Gasteiger partial charge in [-0.25, -0.2) is 0 Å². The van der Waals surface area contributed by atoms with Crippen LogP contribution < -0.4 is 5.32 Å². The molecule has 3 rings (SSSR count). The molecule has 0 fully saturated rings. The summed E-state index contributed by atoms with van der Waals surface area (Å²) >= 11 is 1.65. The number of nitrogens with one attached hydrogen (secondary N) is 1. The zero-order valence-electron chi connectivity index (χ0n) is 12.8. The van der Waals surface area contributed by atoms with Crippen molar-refractivity contribution in [2.24, 2.45) is 0 Å². The molecule has 3 aromatic rings. The number of hydrogen-bond donors (Lipinski definition) is 1. The number of carbonyl (C=O) groups excluding carboxylic acids is 1. The molecule has 1 heterocycles. The molecule has 0 radical (unpaired) electrons. The molecule has 23 heavy (non-hydrogen) atoms. The third-order valence-electron chi connectivity index (χ3n) is 3.86. The van der Waals surface area contributed by atoms with Crippen molar-refractivity contribution in [3.8, 4) is 0 Å². The number of rotatable bonds is 6. The summed E-state index contributed by atoms with van der Waals surface area (Å²) in [5.41, 5.74) is 3.49. The average molecular weight is 321 g/mol. The molecule has 2 aromatic carbocycles. The maximum atomic E-state index is 12.4. The van der Waals surface area contributed by atoms with Crippen molar-refractivity contribution in [1.82, 2.24) is 5.32 Å². The van der Waals surface area contributed by atoms with Gasteiger partial charge in [0.05, 0.1) is 0 Å². The fraction of sp³-hybridized carbons (Fsp3) is 0.150. The first-order chi connectivity index (χ1) is 11.3. The molecular formula is C20H19NOS. The molecule has 0 aliphatic heterocycles. The van der Waals surface area contributed by atoms with Crippen molar-refractivity contribution in [3.63, 3.8) is 0 Å². The van der Waals surface area contributed by atoms with E-state index in [1.54, 1.807) is 11.3 Å². The second kappa shape index (κ2) is 7.75. The van der Waals surface area contributed by atoms with E-state index in [1.165, 1.54) is 11.1 Å². The molecule has 0 saturated carbocycles. The van der Waals surface area contributed by atoms with Crippen LogP contribution in [0.25, 0.3) is 0 Å². The Bertz CT molecular complexity index is 683. The van der Waals surface area contributed by atoms with Crippen molar-refractivity contribution in [2.75, 3.05) is 0 Å². The molecule has 0 spiro atoms. The number of amides is 1. The molecule has 3 heteroatoms. The average Bonchev–Trinajstić information content (AvgIpc) is 3.13. The third-order valence-corrected chi connectivity index (χ3v) is 4.60. The van der Waals surface area contributed by atoms with Crippen LogP contribution in [0.1, 0.15) is 29.0 Å². The van der Waals surface area contributed by atoms with E-state index in [1.807, 2.05) is 47.8 Å². The Morgan fingerprint density at radius 3 is 2.04 bits per heavy atom. The summed E-state index contributed by atoms with van der Waals surface area (Å²) in [4.78, 5) is 12.4. The maximum Gasteiger partial charge on any atom is 0.221 e. The lowest BCUT2D eigenvalue weighted by Crippen LogP contribution is -2.24. The van der Waals surface area contributed by atoms with Gasteiger partial charge in [0.25, 0.3) is 0 Å². The number of carbonyl (C=O) groups is 1. The largest absolute Gasteiger partial charge is 0.352 e. The van der Waals surface area contributed by atoms with Gasteiger partial charge < -0.3 is 5.32 Å². The van der Waals surface area contributed by atoms with E-state index in [4.69, 9.17) is 0 Å². The molecule has 2 nitrogen and oxygen atoms in total. The highest BCUT2D eigenvalue weighted by Gasteiger charge is 2.17. The molecule has 1 N–H and O–H groups in total. The Hall–Kier alpha value is -2.39. The topological polar surface area (TPSA) is 29.1 Å². The summed E-state index contributed by atoms with van der Waals surface area (Å²) in [7, 11) is 0. The van der Waals surface area contributed by atoms with E-state index in [-0.39, 0.29) is 11.8 Å². The van der Waals surface area contributed by atoms with Crippen molar-refractivity contribution in [3.05, 3.63) is 94.2 Å². The monoisotopic (exact) mass is 321 g/mol. The highest BCUT2D eigenvalue weighted by Crippen LogP contribution is 2.27. The molecule has 0 aliphatic carbocycles. The van der Waals surface area contributed by atoms with Gasteiger partial charge in [-0.2, -0.15) is 11.3 Å². The Morgan fingerprint density at radius 1 is 0.913 bits per heavy atom. The summed E-state index contributed by atoms with van der Waals surface area (Å²) in [6, 6.07) is 22.5. The van der Waals surface area contributed by atoms with Crippen LogP contribution >= 0.6 is 11.3 Å². The van der Waals surface area contributed by atoms with Gasteiger partial charge in [0.2, 0.25) is 5.91 Å². The SMILES string of the molecule is O=C(CC(c1ccccc1)c1ccccc1)NCc1ccsc1. The van der Waals surface area contributed by atoms with Crippen LogP contribution in [0.5, 0.6) is 0 Å². The van der Waals surface area contributed by atoms with Crippen LogP contribution in [0.15, 0.2) is 77.5 Å². The smallest absolute Gasteiger partial charge is 0.221 e. The zero-order chi connectivity index (χ0) is 15.9. The summed E-state index contributed by atoms with van der Waals surface area (Å²) in [5, 5.41) is 7.11. The van der Waals surface area contributed by atoms with Gasteiger partial charge in [0.1, 0.15) is 0 Å². The van der Waals surface area contributed by atoms with E-state index in [0.29, 0.717) is 13.0 Å². The van der Waals surface area contributed by atoms with E-state index < -0.39 is 0 Å². The lowest BCUT2D eigenvalue weighted by molar-refractivity contribution is -0.121. The minimum Gasteiger partial charge on any atom is -0.352 e. The molecule has 1 aromatic heterocycles. The lowest BCUT2D eigenvalue weighted by Gasteiger charge is -2.17. The predicted octanol–water partition coefficient (Wildman–Crippen LogP) is 4.59. The van der Waals surface area contributed by atoms with Gasteiger partial charge >= 0.3 is 0 Å². The normalized spacial score (nSPS) is 10.7. The number of hydrogen-bond acceptors (Lipinski definition) is 2. The van der Waals surface area contributed by atoms with Gasteiger partial charge in [0.15, 0.2) is 0 Å². The maximum absolute atomic E-state index is 12.4. The van der Waals surface area contributed by atoms with Crippen LogP contribution in [0.3, 0.4) is 0 Å². The van der Waals surface area contributed by atoms with Gasteiger partial charge in [-0.1, -0.05) is 60.7 Å². The number of thiophene rings is 1. The first-order valence-electron chi connectivity index (χ1n) is 7.70. The number of benzene rings is 2. The van der Waals surface area contributed by atoms with Crippen LogP contribution in [0.2, 0.25) is 0 Å². The Morgan fingerprint density at radius 2 is 1.52 bits per heavy atom. The third kappa shape index (κ3) is 4.30. The van der Waals surface area contributed by atoms with E-state index >= 15 is 0 Å².